The monoisotopic (exact) mass is 291 g/mol. The molecule has 6 heteroatoms. The van der Waals surface area contributed by atoms with E-state index in [0.717, 1.165) is 6.42 Å². The Morgan fingerprint density at radius 2 is 2.10 bits per heavy atom. The molecule has 0 saturated heterocycles. The first-order chi connectivity index (χ1) is 10.2. The fourth-order valence-electron chi connectivity index (χ4n) is 1.91. The van der Waals surface area contributed by atoms with Gasteiger partial charge in [0.05, 0.1) is 6.61 Å². The summed E-state index contributed by atoms with van der Waals surface area (Å²) in [5.74, 6) is 0.320. The molecule has 1 heterocycles. The molecule has 0 bridgehead atoms. The highest BCUT2D eigenvalue weighted by Crippen LogP contribution is 2.15. The molecule has 0 aliphatic carbocycles. The topological polar surface area (TPSA) is 81.0 Å². The number of aromatic amines is 1. The molecule has 5 nitrogen and oxygen atoms in total. The van der Waals surface area contributed by atoms with Crippen LogP contribution in [-0.2, 0) is 12.8 Å². The van der Waals surface area contributed by atoms with Gasteiger partial charge in [-0.2, -0.15) is 0 Å². The third kappa shape index (κ3) is 4.68. The van der Waals surface area contributed by atoms with E-state index in [0.29, 0.717) is 30.9 Å². The minimum atomic E-state index is -0.407. The van der Waals surface area contributed by atoms with Crippen LogP contribution in [0.5, 0.6) is 5.75 Å². The molecule has 0 radical (unpaired) electrons. The van der Waals surface area contributed by atoms with E-state index >= 15 is 0 Å². The summed E-state index contributed by atoms with van der Waals surface area (Å²) in [6.45, 7) is 0.796. The number of nitrogens with two attached hydrogens (primary N) is 1. The van der Waals surface area contributed by atoms with E-state index < -0.39 is 5.82 Å². The molecule has 1 aromatic heterocycles. The first-order valence-electron chi connectivity index (χ1n) is 6.85. The SMILES string of the molecule is NCCCc1cc(=O)[nH]c(CCOc2ccccc2F)n1. The lowest BCUT2D eigenvalue weighted by Crippen LogP contribution is -2.16. The zero-order valence-electron chi connectivity index (χ0n) is 11.6. The van der Waals surface area contributed by atoms with Crippen molar-refractivity contribution in [1.82, 2.24) is 9.97 Å². The number of para-hydroxylation sites is 1. The van der Waals surface area contributed by atoms with Gasteiger partial charge in [-0.25, -0.2) is 9.37 Å². The van der Waals surface area contributed by atoms with Crippen molar-refractivity contribution < 1.29 is 9.13 Å². The summed E-state index contributed by atoms with van der Waals surface area (Å²) < 4.78 is 18.7. The van der Waals surface area contributed by atoms with Crippen molar-refractivity contribution in [2.45, 2.75) is 19.3 Å². The molecule has 0 spiro atoms. The fraction of sp³-hybridized carbons (Fsp3) is 0.333. The quantitative estimate of drug-likeness (QED) is 0.808. The summed E-state index contributed by atoms with van der Waals surface area (Å²) in [4.78, 5) is 18.5. The summed E-state index contributed by atoms with van der Waals surface area (Å²) in [6.07, 6.45) is 1.85. The van der Waals surface area contributed by atoms with Gasteiger partial charge in [-0.3, -0.25) is 4.79 Å². The maximum Gasteiger partial charge on any atom is 0.251 e. The van der Waals surface area contributed by atoms with Crippen molar-refractivity contribution in [2.75, 3.05) is 13.2 Å². The van der Waals surface area contributed by atoms with Gasteiger partial charge in [-0.05, 0) is 31.5 Å². The smallest absolute Gasteiger partial charge is 0.251 e. The van der Waals surface area contributed by atoms with Gasteiger partial charge in [0.15, 0.2) is 11.6 Å². The Labute approximate surface area is 122 Å². The number of hydrogen-bond donors (Lipinski definition) is 2. The number of aromatic nitrogens is 2. The lowest BCUT2D eigenvalue weighted by molar-refractivity contribution is 0.302. The number of ether oxygens (including phenoxy) is 1. The van der Waals surface area contributed by atoms with Gasteiger partial charge in [-0.1, -0.05) is 12.1 Å². The maximum atomic E-state index is 13.4. The maximum absolute atomic E-state index is 13.4. The lowest BCUT2D eigenvalue weighted by Gasteiger charge is -2.07. The van der Waals surface area contributed by atoms with Gasteiger partial charge in [-0.15, -0.1) is 0 Å². The number of H-pyrrole nitrogens is 1. The van der Waals surface area contributed by atoms with Crippen molar-refractivity contribution >= 4 is 0 Å². The highest BCUT2D eigenvalue weighted by Gasteiger charge is 2.04. The Kier molecular flexibility index (Phi) is 5.45. The van der Waals surface area contributed by atoms with Gasteiger partial charge in [0.25, 0.3) is 5.56 Å². The molecule has 2 rings (SSSR count). The summed E-state index contributed by atoms with van der Waals surface area (Å²) in [7, 11) is 0. The van der Waals surface area contributed by atoms with E-state index in [2.05, 4.69) is 9.97 Å². The van der Waals surface area contributed by atoms with Crippen molar-refractivity contribution in [3.63, 3.8) is 0 Å². The highest BCUT2D eigenvalue weighted by molar-refractivity contribution is 5.23. The predicted molar refractivity (Wildman–Crippen MR) is 77.8 cm³/mol. The van der Waals surface area contributed by atoms with Crippen molar-refractivity contribution in [3.8, 4) is 5.75 Å². The molecule has 0 aliphatic heterocycles. The second-order valence-corrected chi connectivity index (χ2v) is 4.60. The fourth-order valence-corrected chi connectivity index (χ4v) is 1.91. The molecule has 2 aromatic rings. The Morgan fingerprint density at radius 3 is 2.86 bits per heavy atom. The van der Waals surface area contributed by atoms with E-state index in [1.807, 2.05) is 0 Å². The number of benzene rings is 1. The number of nitrogens with zero attached hydrogens (tertiary/aromatic N) is 1. The first-order valence-corrected chi connectivity index (χ1v) is 6.85. The third-order valence-corrected chi connectivity index (χ3v) is 2.91. The molecule has 0 aliphatic rings. The van der Waals surface area contributed by atoms with Crippen molar-refractivity contribution in [2.24, 2.45) is 5.73 Å². The van der Waals surface area contributed by atoms with Crippen LogP contribution in [0.2, 0.25) is 0 Å². The third-order valence-electron chi connectivity index (χ3n) is 2.91. The standard InChI is InChI=1S/C15H18FN3O2/c16-12-5-1-2-6-13(12)21-9-7-14-18-11(4-3-8-17)10-15(20)19-14/h1-2,5-6,10H,3-4,7-9,17H2,(H,18,19,20). The van der Waals surface area contributed by atoms with Crippen molar-refractivity contribution in [1.29, 1.82) is 0 Å². The molecule has 21 heavy (non-hydrogen) atoms. The second kappa shape index (κ2) is 7.54. The molecule has 112 valence electrons. The molecule has 0 fully saturated rings. The molecule has 3 N–H and O–H groups in total. The predicted octanol–water partition coefficient (Wildman–Crippen LogP) is 1.42. The summed E-state index contributed by atoms with van der Waals surface area (Å²) in [6, 6.07) is 7.66. The van der Waals surface area contributed by atoms with Crippen LogP contribution in [-0.4, -0.2) is 23.1 Å². The molecule has 0 saturated carbocycles. The van der Waals surface area contributed by atoms with Crippen LogP contribution in [0.4, 0.5) is 4.39 Å². The zero-order chi connectivity index (χ0) is 15.1. The first kappa shape index (κ1) is 15.2. The normalized spacial score (nSPS) is 10.6. The van der Waals surface area contributed by atoms with Gasteiger partial charge in [0, 0.05) is 18.2 Å². The van der Waals surface area contributed by atoms with Crippen LogP contribution in [0.15, 0.2) is 35.1 Å². The van der Waals surface area contributed by atoms with Gasteiger partial charge >= 0.3 is 0 Å². The Bertz CT molecular complexity index is 643. The summed E-state index contributed by atoms with van der Waals surface area (Å²) >= 11 is 0. The van der Waals surface area contributed by atoms with E-state index in [4.69, 9.17) is 10.5 Å². The van der Waals surface area contributed by atoms with Crippen LogP contribution in [0.1, 0.15) is 17.9 Å². The van der Waals surface area contributed by atoms with Gasteiger partial charge < -0.3 is 15.5 Å². The Morgan fingerprint density at radius 1 is 1.29 bits per heavy atom. The molecule has 0 unspecified atom stereocenters. The van der Waals surface area contributed by atoms with Crippen LogP contribution >= 0.6 is 0 Å². The lowest BCUT2D eigenvalue weighted by atomic mass is 10.2. The van der Waals surface area contributed by atoms with Crippen LogP contribution < -0.4 is 16.0 Å². The summed E-state index contributed by atoms with van der Waals surface area (Å²) in [5.41, 5.74) is 5.96. The van der Waals surface area contributed by atoms with E-state index in [9.17, 15) is 9.18 Å². The number of aryl methyl sites for hydroxylation is 1. The van der Waals surface area contributed by atoms with E-state index in [1.165, 1.54) is 12.1 Å². The molecule has 1 aromatic carbocycles. The molecular formula is C15H18FN3O2. The molecular weight excluding hydrogens is 273 g/mol. The Hall–Kier alpha value is -2.21. The second-order valence-electron chi connectivity index (χ2n) is 4.60. The zero-order valence-corrected chi connectivity index (χ0v) is 11.6. The van der Waals surface area contributed by atoms with Crippen LogP contribution in [0.3, 0.4) is 0 Å². The molecule has 0 atom stereocenters. The van der Waals surface area contributed by atoms with E-state index in [1.54, 1.807) is 18.2 Å². The van der Waals surface area contributed by atoms with Crippen LogP contribution in [0.25, 0.3) is 0 Å². The average Bonchev–Trinajstić information content (AvgIpc) is 2.47. The van der Waals surface area contributed by atoms with E-state index in [-0.39, 0.29) is 17.9 Å². The number of rotatable bonds is 7. The van der Waals surface area contributed by atoms with Crippen LogP contribution in [0, 0.1) is 5.82 Å². The number of nitrogens with one attached hydrogen (secondary N) is 1. The minimum Gasteiger partial charge on any atom is -0.490 e. The highest BCUT2D eigenvalue weighted by atomic mass is 19.1. The minimum absolute atomic E-state index is 0.194. The number of hydrogen-bond acceptors (Lipinski definition) is 4. The summed E-state index contributed by atoms with van der Waals surface area (Å²) in [5, 5.41) is 0. The van der Waals surface area contributed by atoms with Gasteiger partial charge in [0.2, 0.25) is 0 Å². The van der Waals surface area contributed by atoms with Gasteiger partial charge in [0.1, 0.15) is 5.82 Å². The number of halogens is 1. The largest absolute Gasteiger partial charge is 0.490 e. The Balaban J connectivity index is 1.95. The molecule has 0 amide bonds. The van der Waals surface area contributed by atoms with Crippen molar-refractivity contribution in [3.05, 3.63) is 58.0 Å². The average molecular weight is 291 g/mol.